The van der Waals surface area contributed by atoms with E-state index in [2.05, 4.69) is 15.4 Å². The molecule has 0 atom stereocenters. The molecule has 0 saturated carbocycles. The number of hydrogen-bond donors (Lipinski definition) is 2. The summed E-state index contributed by atoms with van der Waals surface area (Å²) in [6.45, 7) is 0. The van der Waals surface area contributed by atoms with E-state index in [1.54, 1.807) is 24.3 Å². The third-order valence-electron chi connectivity index (χ3n) is 2.05. The number of nitrogens with zero attached hydrogens (tertiary/aromatic N) is 4. The van der Waals surface area contributed by atoms with Gasteiger partial charge in [0, 0.05) is 0 Å². The van der Waals surface area contributed by atoms with Gasteiger partial charge in [0.1, 0.15) is 0 Å². The zero-order valence-corrected chi connectivity index (χ0v) is 8.57. The van der Waals surface area contributed by atoms with E-state index in [0.29, 0.717) is 11.1 Å². The third kappa shape index (κ3) is 2.25. The molecule has 0 aliphatic rings. The number of anilines is 2. The minimum absolute atomic E-state index is 0.0336. The van der Waals surface area contributed by atoms with Gasteiger partial charge >= 0.3 is 0 Å². The highest BCUT2D eigenvalue weighted by Crippen LogP contribution is 2.29. The van der Waals surface area contributed by atoms with E-state index in [0.717, 1.165) is 0 Å². The summed E-state index contributed by atoms with van der Waals surface area (Å²) in [5, 5.41) is 20.2. The molecule has 0 aliphatic carbocycles. The zero-order chi connectivity index (χ0) is 12.3. The van der Waals surface area contributed by atoms with Crippen molar-refractivity contribution in [3.8, 4) is 11.1 Å². The van der Waals surface area contributed by atoms with E-state index >= 15 is 0 Å². The minimum Gasteiger partial charge on any atom is -0.382 e. The fourth-order valence-electron chi connectivity index (χ4n) is 1.39. The van der Waals surface area contributed by atoms with Gasteiger partial charge in [0.2, 0.25) is 5.82 Å². The van der Waals surface area contributed by atoms with E-state index in [1.165, 1.54) is 0 Å². The fraction of sp³-hybridized carbons (Fsp3) is 0. The number of nitrogen functional groups attached to an aromatic ring is 1. The quantitative estimate of drug-likeness (QED) is 0.590. The number of aromatic nitrogens is 3. The molecule has 8 heteroatoms. The Bertz CT molecular complexity index is 544. The van der Waals surface area contributed by atoms with Crippen molar-refractivity contribution in [2.75, 3.05) is 11.2 Å². The molecule has 0 aliphatic heterocycles. The van der Waals surface area contributed by atoms with Crippen LogP contribution >= 0.6 is 0 Å². The van der Waals surface area contributed by atoms with Crippen molar-refractivity contribution >= 4 is 11.6 Å². The van der Waals surface area contributed by atoms with Crippen LogP contribution in [0.15, 0.2) is 30.3 Å². The predicted molar refractivity (Wildman–Crippen MR) is 60.3 cm³/mol. The standard InChI is InChI=1S/C9H8N6O2/c10-8-7(6-4-2-1-3-5-6)9(12-14-11-8)13-15(16)17/h1-5H,(H3,10,11,12,13). The van der Waals surface area contributed by atoms with Crippen LogP contribution in [-0.2, 0) is 0 Å². The largest absolute Gasteiger partial charge is 0.382 e. The summed E-state index contributed by atoms with van der Waals surface area (Å²) in [7, 11) is 0. The average molecular weight is 232 g/mol. The fourth-order valence-corrected chi connectivity index (χ4v) is 1.39. The number of nitrogens with two attached hydrogens (primary N) is 1. The Morgan fingerprint density at radius 3 is 2.59 bits per heavy atom. The van der Waals surface area contributed by atoms with E-state index in [4.69, 9.17) is 5.73 Å². The van der Waals surface area contributed by atoms with Crippen molar-refractivity contribution in [1.82, 2.24) is 15.4 Å². The Balaban J connectivity index is 2.55. The Kier molecular flexibility index (Phi) is 2.77. The maximum atomic E-state index is 10.4. The molecule has 0 bridgehead atoms. The predicted octanol–water partition coefficient (Wildman–Crippen LogP) is 0.724. The van der Waals surface area contributed by atoms with Crippen molar-refractivity contribution in [3.05, 3.63) is 40.4 Å². The van der Waals surface area contributed by atoms with Crippen LogP contribution in [0.3, 0.4) is 0 Å². The zero-order valence-electron chi connectivity index (χ0n) is 8.57. The Hall–Kier alpha value is -2.77. The molecule has 17 heavy (non-hydrogen) atoms. The first-order valence-corrected chi connectivity index (χ1v) is 4.64. The monoisotopic (exact) mass is 232 g/mol. The van der Waals surface area contributed by atoms with E-state index in [9.17, 15) is 10.1 Å². The highest BCUT2D eigenvalue weighted by atomic mass is 16.7. The summed E-state index contributed by atoms with van der Waals surface area (Å²) in [6.07, 6.45) is 0. The highest BCUT2D eigenvalue weighted by Gasteiger charge is 2.15. The van der Waals surface area contributed by atoms with Gasteiger partial charge in [-0.2, -0.15) is 0 Å². The van der Waals surface area contributed by atoms with Crippen LogP contribution in [0.1, 0.15) is 0 Å². The van der Waals surface area contributed by atoms with Gasteiger partial charge in [0.15, 0.2) is 10.9 Å². The number of rotatable bonds is 3. The van der Waals surface area contributed by atoms with Crippen LogP contribution in [0.2, 0.25) is 0 Å². The number of nitro groups is 1. The van der Waals surface area contributed by atoms with Crippen LogP contribution in [0, 0.1) is 10.1 Å². The Labute approximate surface area is 95.6 Å². The maximum Gasteiger partial charge on any atom is 0.225 e. The summed E-state index contributed by atoms with van der Waals surface area (Å²) in [4.78, 5) is 10.4. The van der Waals surface area contributed by atoms with Gasteiger partial charge in [-0.05, 0) is 10.8 Å². The summed E-state index contributed by atoms with van der Waals surface area (Å²) in [5.74, 6) is 0.0456. The second kappa shape index (κ2) is 4.39. The first-order valence-electron chi connectivity index (χ1n) is 4.64. The number of hydrogen-bond acceptors (Lipinski definition) is 6. The summed E-state index contributed by atoms with van der Waals surface area (Å²) in [5.41, 5.74) is 8.63. The SMILES string of the molecule is Nc1nnnc(N[N+](=O)[O-])c1-c1ccccc1. The van der Waals surface area contributed by atoms with Crippen molar-refractivity contribution in [2.24, 2.45) is 0 Å². The minimum atomic E-state index is -0.726. The summed E-state index contributed by atoms with van der Waals surface area (Å²) < 4.78 is 0. The van der Waals surface area contributed by atoms with Gasteiger partial charge in [-0.25, -0.2) is 10.1 Å². The summed E-state index contributed by atoms with van der Waals surface area (Å²) >= 11 is 0. The van der Waals surface area contributed by atoms with Crippen LogP contribution in [0.4, 0.5) is 11.6 Å². The first-order chi connectivity index (χ1) is 8.18. The Morgan fingerprint density at radius 2 is 1.94 bits per heavy atom. The van der Waals surface area contributed by atoms with E-state index in [-0.39, 0.29) is 11.6 Å². The molecule has 0 spiro atoms. The van der Waals surface area contributed by atoms with Crippen LogP contribution in [-0.4, -0.2) is 20.4 Å². The topological polar surface area (TPSA) is 120 Å². The normalized spacial score (nSPS) is 9.88. The van der Waals surface area contributed by atoms with Gasteiger partial charge in [0.25, 0.3) is 0 Å². The molecule has 0 fully saturated rings. The average Bonchev–Trinajstić information content (AvgIpc) is 2.29. The first kappa shape index (κ1) is 10.7. The van der Waals surface area contributed by atoms with Crippen molar-refractivity contribution in [1.29, 1.82) is 0 Å². The maximum absolute atomic E-state index is 10.4. The number of nitrogens with one attached hydrogen (secondary N) is 1. The van der Waals surface area contributed by atoms with Crippen molar-refractivity contribution < 1.29 is 5.03 Å². The lowest BCUT2D eigenvalue weighted by Crippen LogP contribution is -2.13. The van der Waals surface area contributed by atoms with E-state index < -0.39 is 5.03 Å². The highest BCUT2D eigenvalue weighted by molar-refractivity contribution is 5.82. The van der Waals surface area contributed by atoms with Gasteiger partial charge in [-0.1, -0.05) is 35.8 Å². The molecular weight excluding hydrogens is 224 g/mol. The molecule has 3 N–H and O–H groups in total. The molecule has 86 valence electrons. The third-order valence-corrected chi connectivity index (χ3v) is 2.05. The molecule has 1 aromatic carbocycles. The Morgan fingerprint density at radius 1 is 1.24 bits per heavy atom. The smallest absolute Gasteiger partial charge is 0.225 e. The lowest BCUT2D eigenvalue weighted by atomic mass is 10.1. The lowest BCUT2D eigenvalue weighted by Gasteiger charge is -2.06. The molecule has 8 nitrogen and oxygen atoms in total. The van der Waals surface area contributed by atoms with Gasteiger partial charge < -0.3 is 5.73 Å². The van der Waals surface area contributed by atoms with E-state index in [1.807, 2.05) is 11.5 Å². The number of hydrazine groups is 1. The van der Waals surface area contributed by atoms with Crippen LogP contribution < -0.4 is 11.2 Å². The number of benzene rings is 1. The van der Waals surface area contributed by atoms with Crippen LogP contribution in [0.25, 0.3) is 11.1 Å². The molecule has 0 amide bonds. The van der Waals surface area contributed by atoms with Gasteiger partial charge in [-0.15, -0.1) is 10.2 Å². The van der Waals surface area contributed by atoms with Crippen molar-refractivity contribution in [3.63, 3.8) is 0 Å². The molecule has 1 aromatic heterocycles. The second-order valence-electron chi connectivity index (χ2n) is 3.13. The molecular formula is C9H8N6O2. The second-order valence-corrected chi connectivity index (χ2v) is 3.13. The molecule has 1 heterocycles. The summed E-state index contributed by atoms with van der Waals surface area (Å²) in [6, 6.07) is 8.89. The lowest BCUT2D eigenvalue weighted by molar-refractivity contribution is -0.445. The van der Waals surface area contributed by atoms with Gasteiger partial charge in [-0.3, -0.25) is 0 Å². The van der Waals surface area contributed by atoms with Gasteiger partial charge in [0.05, 0.1) is 5.56 Å². The molecule has 0 unspecified atom stereocenters. The molecule has 2 aromatic rings. The molecule has 0 saturated heterocycles. The van der Waals surface area contributed by atoms with Crippen molar-refractivity contribution in [2.45, 2.75) is 0 Å². The molecule has 0 radical (unpaired) electrons. The van der Waals surface area contributed by atoms with Crippen LogP contribution in [0.5, 0.6) is 0 Å². The molecule has 2 rings (SSSR count).